The Kier molecular flexibility index (Phi) is 2.77. The molecule has 3 nitrogen and oxygen atoms in total. The third kappa shape index (κ3) is 1.54. The molecule has 0 aliphatic carbocycles. The fourth-order valence-electron chi connectivity index (χ4n) is 2.96. The van der Waals surface area contributed by atoms with E-state index in [0.29, 0.717) is 12.6 Å². The number of carbonyl (C=O) groups is 1. The van der Waals surface area contributed by atoms with Crippen molar-refractivity contribution in [1.29, 1.82) is 0 Å². The van der Waals surface area contributed by atoms with Crippen LogP contribution in [0.25, 0.3) is 0 Å². The fraction of sp³-hybridized carbons (Fsp3) is 0.909. The molecule has 80 valence electrons. The second-order valence-electron chi connectivity index (χ2n) is 4.40. The van der Waals surface area contributed by atoms with E-state index >= 15 is 0 Å². The van der Waals surface area contributed by atoms with E-state index in [1.165, 1.54) is 12.8 Å². The molecule has 3 atom stereocenters. The minimum absolute atomic E-state index is 0.0182. The molecule has 0 N–H and O–H groups in total. The number of carbonyl (C=O) groups excluding carboxylic acids is 1. The van der Waals surface area contributed by atoms with Crippen molar-refractivity contribution in [2.75, 3.05) is 13.7 Å². The van der Waals surface area contributed by atoms with Crippen molar-refractivity contribution >= 4 is 5.97 Å². The van der Waals surface area contributed by atoms with Gasteiger partial charge < -0.3 is 4.74 Å². The Morgan fingerprint density at radius 1 is 1.36 bits per heavy atom. The number of fused-ring (bicyclic) bond motifs is 2. The molecule has 2 aliphatic heterocycles. The Morgan fingerprint density at radius 2 is 2.07 bits per heavy atom. The maximum atomic E-state index is 11.7. The first-order valence-corrected chi connectivity index (χ1v) is 5.62. The number of hydrogen-bond donors (Lipinski definition) is 0. The number of rotatable bonds is 2. The molecule has 0 amide bonds. The molecule has 14 heavy (non-hydrogen) atoms. The van der Waals surface area contributed by atoms with Crippen LogP contribution < -0.4 is 0 Å². The molecule has 2 heterocycles. The van der Waals surface area contributed by atoms with Crippen molar-refractivity contribution in [3.8, 4) is 0 Å². The summed E-state index contributed by atoms with van der Waals surface area (Å²) in [5.74, 6) is 0.156. The fourth-order valence-corrected chi connectivity index (χ4v) is 2.96. The Bertz CT molecular complexity index is 229. The van der Waals surface area contributed by atoms with Crippen LogP contribution in [0.3, 0.4) is 0 Å². The van der Waals surface area contributed by atoms with Gasteiger partial charge in [0, 0.05) is 12.1 Å². The molecule has 0 radical (unpaired) electrons. The summed E-state index contributed by atoms with van der Waals surface area (Å²) in [7, 11) is 2.15. The number of nitrogens with zero attached hydrogens (tertiary/aromatic N) is 1. The molecule has 2 rings (SSSR count). The zero-order valence-corrected chi connectivity index (χ0v) is 9.03. The Morgan fingerprint density at radius 3 is 2.79 bits per heavy atom. The molecule has 2 saturated heterocycles. The van der Waals surface area contributed by atoms with Gasteiger partial charge in [-0.05, 0) is 39.7 Å². The first kappa shape index (κ1) is 9.97. The zero-order valence-electron chi connectivity index (χ0n) is 9.03. The van der Waals surface area contributed by atoms with Gasteiger partial charge >= 0.3 is 5.97 Å². The van der Waals surface area contributed by atoms with Crippen molar-refractivity contribution in [1.82, 2.24) is 4.90 Å². The van der Waals surface area contributed by atoms with Crippen LogP contribution in [0.2, 0.25) is 0 Å². The van der Waals surface area contributed by atoms with E-state index in [2.05, 4.69) is 11.9 Å². The van der Waals surface area contributed by atoms with E-state index in [0.717, 1.165) is 18.9 Å². The van der Waals surface area contributed by atoms with Crippen LogP contribution in [0.1, 0.15) is 32.6 Å². The van der Waals surface area contributed by atoms with E-state index in [-0.39, 0.29) is 11.9 Å². The maximum absolute atomic E-state index is 11.7. The lowest BCUT2D eigenvalue weighted by molar-refractivity contribution is -0.151. The van der Waals surface area contributed by atoms with Crippen molar-refractivity contribution in [3.05, 3.63) is 0 Å². The average Bonchev–Trinajstić information content (AvgIpc) is 2.42. The molecule has 2 unspecified atom stereocenters. The highest BCUT2D eigenvalue weighted by atomic mass is 16.5. The monoisotopic (exact) mass is 197 g/mol. The van der Waals surface area contributed by atoms with E-state index in [9.17, 15) is 4.79 Å². The first-order chi connectivity index (χ1) is 6.74. The quantitative estimate of drug-likeness (QED) is 0.627. The van der Waals surface area contributed by atoms with Gasteiger partial charge in [0.05, 0.1) is 12.5 Å². The molecule has 2 bridgehead atoms. The lowest BCUT2D eigenvalue weighted by Crippen LogP contribution is -2.45. The van der Waals surface area contributed by atoms with E-state index in [1.54, 1.807) is 0 Å². The summed E-state index contributed by atoms with van der Waals surface area (Å²) in [6, 6.07) is 1.18. The zero-order chi connectivity index (χ0) is 10.1. The highest BCUT2D eigenvalue weighted by Crippen LogP contribution is 2.38. The molecular formula is C11H19NO2. The van der Waals surface area contributed by atoms with Crippen molar-refractivity contribution in [3.63, 3.8) is 0 Å². The van der Waals surface area contributed by atoms with Crippen LogP contribution in [-0.4, -0.2) is 36.6 Å². The van der Waals surface area contributed by atoms with Crippen LogP contribution in [0.5, 0.6) is 0 Å². The summed E-state index contributed by atoms with van der Waals surface area (Å²) in [6.07, 6.45) is 4.62. The summed E-state index contributed by atoms with van der Waals surface area (Å²) in [5, 5.41) is 0. The topological polar surface area (TPSA) is 29.5 Å². The van der Waals surface area contributed by atoms with Gasteiger partial charge in [0.1, 0.15) is 0 Å². The molecule has 0 spiro atoms. The highest BCUT2D eigenvalue weighted by Gasteiger charge is 2.43. The van der Waals surface area contributed by atoms with Gasteiger partial charge in [-0.2, -0.15) is 0 Å². The average molecular weight is 197 g/mol. The van der Waals surface area contributed by atoms with Gasteiger partial charge in [0.15, 0.2) is 0 Å². The summed E-state index contributed by atoms with van der Waals surface area (Å²) >= 11 is 0. The summed E-state index contributed by atoms with van der Waals surface area (Å²) in [5.41, 5.74) is 0. The van der Waals surface area contributed by atoms with E-state index < -0.39 is 0 Å². The van der Waals surface area contributed by atoms with Gasteiger partial charge in [-0.15, -0.1) is 0 Å². The lowest BCUT2D eigenvalue weighted by Gasteiger charge is -2.36. The van der Waals surface area contributed by atoms with Crippen LogP contribution in [0.4, 0.5) is 0 Å². The summed E-state index contributed by atoms with van der Waals surface area (Å²) < 4.78 is 5.11. The maximum Gasteiger partial charge on any atom is 0.310 e. The largest absolute Gasteiger partial charge is 0.466 e. The number of ether oxygens (including phenoxy) is 1. The first-order valence-electron chi connectivity index (χ1n) is 5.62. The SMILES string of the molecule is CCOC(=O)[C@H]1CCC2CCC1N2C. The molecule has 0 aromatic heterocycles. The molecule has 0 aromatic rings. The predicted octanol–water partition coefficient (Wildman–Crippen LogP) is 1.42. The van der Waals surface area contributed by atoms with Crippen LogP contribution >= 0.6 is 0 Å². The van der Waals surface area contributed by atoms with Gasteiger partial charge in [0.25, 0.3) is 0 Å². The minimum atomic E-state index is 0.0182. The molecular weight excluding hydrogens is 178 g/mol. The minimum Gasteiger partial charge on any atom is -0.466 e. The molecule has 2 fully saturated rings. The van der Waals surface area contributed by atoms with Gasteiger partial charge in [-0.1, -0.05) is 0 Å². The second kappa shape index (κ2) is 3.89. The summed E-state index contributed by atoms with van der Waals surface area (Å²) in [6.45, 7) is 2.39. The molecule has 2 aliphatic rings. The Labute approximate surface area is 85.4 Å². The summed E-state index contributed by atoms with van der Waals surface area (Å²) in [4.78, 5) is 14.1. The molecule has 0 aromatic carbocycles. The highest BCUT2D eigenvalue weighted by molar-refractivity contribution is 5.73. The smallest absolute Gasteiger partial charge is 0.310 e. The third-order valence-corrected chi connectivity index (χ3v) is 3.76. The van der Waals surface area contributed by atoms with Gasteiger partial charge in [-0.3, -0.25) is 9.69 Å². The normalized spacial score (nSPS) is 37.1. The number of piperidine rings is 1. The Hall–Kier alpha value is -0.570. The molecule has 3 heteroatoms. The third-order valence-electron chi connectivity index (χ3n) is 3.76. The Balaban J connectivity index is 2.02. The van der Waals surface area contributed by atoms with E-state index in [1.807, 2.05) is 6.92 Å². The van der Waals surface area contributed by atoms with Gasteiger partial charge in [0.2, 0.25) is 0 Å². The number of hydrogen-bond acceptors (Lipinski definition) is 3. The standard InChI is InChI=1S/C11H19NO2/c1-3-14-11(13)9-6-4-8-5-7-10(9)12(8)2/h8-10H,3-7H2,1-2H3/t8?,9-,10?/m0/s1. The van der Waals surface area contributed by atoms with Crippen LogP contribution in [0, 0.1) is 5.92 Å². The van der Waals surface area contributed by atoms with Crippen molar-refractivity contribution in [2.24, 2.45) is 5.92 Å². The van der Waals surface area contributed by atoms with Crippen molar-refractivity contribution in [2.45, 2.75) is 44.7 Å². The second-order valence-corrected chi connectivity index (χ2v) is 4.40. The van der Waals surface area contributed by atoms with Gasteiger partial charge in [-0.25, -0.2) is 0 Å². The van der Waals surface area contributed by atoms with Crippen LogP contribution in [0.15, 0.2) is 0 Å². The lowest BCUT2D eigenvalue weighted by atomic mass is 9.91. The van der Waals surface area contributed by atoms with Crippen molar-refractivity contribution < 1.29 is 9.53 Å². The predicted molar refractivity (Wildman–Crippen MR) is 53.9 cm³/mol. The van der Waals surface area contributed by atoms with E-state index in [4.69, 9.17) is 4.74 Å². The van der Waals surface area contributed by atoms with Crippen LogP contribution in [-0.2, 0) is 9.53 Å². The molecule has 0 saturated carbocycles. The number of esters is 1.